The lowest BCUT2D eigenvalue weighted by Crippen LogP contribution is -2.27. The van der Waals surface area contributed by atoms with Gasteiger partial charge in [-0.1, -0.05) is 25.1 Å². The minimum atomic E-state index is -3.61. The minimum Gasteiger partial charge on any atom is -0.399 e. The molecule has 0 bridgehead atoms. The van der Waals surface area contributed by atoms with Crippen LogP contribution < -0.4 is 10.0 Å². The second-order valence-corrected chi connectivity index (χ2v) is 6.96. The molecule has 2 N–H and O–H groups in total. The van der Waals surface area contributed by atoms with Crippen LogP contribution in [0.15, 0.2) is 47.4 Å². The van der Waals surface area contributed by atoms with Crippen LogP contribution in [0.4, 0.5) is 11.4 Å². The van der Waals surface area contributed by atoms with Gasteiger partial charge in [0.15, 0.2) is 0 Å². The maximum absolute atomic E-state index is 12.7. The van der Waals surface area contributed by atoms with Crippen LogP contribution >= 0.6 is 0 Å². The molecule has 0 aliphatic heterocycles. The van der Waals surface area contributed by atoms with E-state index in [-0.39, 0.29) is 4.90 Å². The molecule has 0 aliphatic carbocycles. The summed E-state index contributed by atoms with van der Waals surface area (Å²) in [5.41, 5.74) is 8.64. The molecule has 0 amide bonds. The smallest absolute Gasteiger partial charge is 0.264 e. The van der Waals surface area contributed by atoms with E-state index in [1.54, 1.807) is 26.1 Å². The van der Waals surface area contributed by atoms with Gasteiger partial charge in [-0.2, -0.15) is 0 Å². The van der Waals surface area contributed by atoms with Crippen LogP contribution in [0, 0.1) is 6.92 Å². The number of benzene rings is 2. The number of anilines is 2. The van der Waals surface area contributed by atoms with Crippen LogP contribution in [-0.4, -0.2) is 15.5 Å². The van der Waals surface area contributed by atoms with Gasteiger partial charge in [-0.15, -0.1) is 0 Å². The second-order valence-electron chi connectivity index (χ2n) is 5.02. The molecule has 4 nitrogen and oxygen atoms in total. The van der Waals surface area contributed by atoms with Gasteiger partial charge in [0.05, 0.1) is 10.6 Å². The van der Waals surface area contributed by atoms with E-state index in [9.17, 15) is 8.42 Å². The van der Waals surface area contributed by atoms with Crippen molar-refractivity contribution in [3.8, 4) is 0 Å². The van der Waals surface area contributed by atoms with Crippen molar-refractivity contribution in [3.63, 3.8) is 0 Å². The third-order valence-corrected chi connectivity index (χ3v) is 5.49. The van der Waals surface area contributed by atoms with Crippen molar-refractivity contribution in [3.05, 3.63) is 53.6 Å². The summed E-state index contributed by atoms with van der Waals surface area (Å²) in [6.45, 7) is 3.83. The molecule has 2 rings (SSSR count). The highest BCUT2D eigenvalue weighted by Crippen LogP contribution is 2.26. The molecule has 0 unspecified atom stereocenters. The number of nitrogen functional groups attached to an aromatic ring is 1. The lowest BCUT2D eigenvalue weighted by Gasteiger charge is -2.21. The van der Waals surface area contributed by atoms with Crippen molar-refractivity contribution in [2.75, 3.05) is 17.1 Å². The molecule has 21 heavy (non-hydrogen) atoms. The second kappa shape index (κ2) is 5.77. The zero-order chi connectivity index (χ0) is 15.6. The summed E-state index contributed by atoms with van der Waals surface area (Å²) in [5.74, 6) is 0. The molecule has 0 aliphatic rings. The average Bonchev–Trinajstić information content (AvgIpc) is 2.49. The zero-order valence-corrected chi connectivity index (χ0v) is 13.3. The van der Waals surface area contributed by atoms with Crippen LogP contribution in [0.1, 0.15) is 18.1 Å². The Morgan fingerprint density at radius 1 is 1.10 bits per heavy atom. The normalized spacial score (nSPS) is 11.4. The molecule has 0 spiro atoms. The summed E-state index contributed by atoms with van der Waals surface area (Å²) >= 11 is 0. The third kappa shape index (κ3) is 3.03. The van der Waals surface area contributed by atoms with Gasteiger partial charge in [-0.05, 0) is 48.7 Å². The van der Waals surface area contributed by atoms with Gasteiger partial charge in [0, 0.05) is 12.7 Å². The van der Waals surface area contributed by atoms with Crippen molar-refractivity contribution >= 4 is 21.4 Å². The molecule has 2 aromatic carbocycles. The zero-order valence-electron chi connectivity index (χ0n) is 12.5. The van der Waals surface area contributed by atoms with Gasteiger partial charge in [0.1, 0.15) is 0 Å². The maximum atomic E-state index is 12.7. The number of nitrogens with two attached hydrogens (primary N) is 1. The summed E-state index contributed by atoms with van der Waals surface area (Å²) < 4.78 is 26.7. The van der Waals surface area contributed by atoms with Gasteiger partial charge in [-0.25, -0.2) is 8.42 Å². The Kier molecular flexibility index (Phi) is 4.23. The van der Waals surface area contributed by atoms with E-state index in [0.29, 0.717) is 16.9 Å². The molecule has 112 valence electrons. The van der Waals surface area contributed by atoms with Crippen LogP contribution in [0.3, 0.4) is 0 Å². The first-order chi connectivity index (χ1) is 9.86. The van der Waals surface area contributed by atoms with Crippen LogP contribution in [-0.2, 0) is 16.4 Å². The van der Waals surface area contributed by atoms with Gasteiger partial charge >= 0.3 is 0 Å². The molecule has 0 saturated heterocycles. The fourth-order valence-electron chi connectivity index (χ4n) is 2.12. The Morgan fingerprint density at radius 3 is 2.29 bits per heavy atom. The number of hydrogen-bond acceptors (Lipinski definition) is 3. The fourth-order valence-corrected chi connectivity index (χ4v) is 3.58. The summed E-state index contributed by atoms with van der Waals surface area (Å²) in [5, 5.41) is 0. The lowest BCUT2D eigenvalue weighted by molar-refractivity contribution is 0.594. The monoisotopic (exact) mass is 304 g/mol. The fraction of sp³-hybridized carbons (Fsp3) is 0.250. The van der Waals surface area contributed by atoms with E-state index in [4.69, 9.17) is 5.73 Å². The molecule has 0 atom stereocenters. The van der Waals surface area contributed by atoms with Crippen molar-refractivity contribution in [1.29, 1.82) is 0 Å². The van der Waals surface area contributed by atoms with Crippen molar-refractivity contribution < 1.29 is 8.42 Å². The van der Waals surface area contributed by atoms with E-state index in [1.165, 1.54) is 15.9 Å². The van der Waals surface area contributed by atoms with Crippen molar-refractivity contribution in [1.82, 2.24) is 0 Å². The van der Waals surface area contributed by atoms with Crippen LogP contribution in [0.5, 0.6) is 0 Å². The first-order valence-electron chi connectivity index (χ1n) is 6.80. The van der Waals surface area contributed by atoms with E-state index in [0.717, 1.165) is 6.42 Å². The minimum absolute atomic E-state index is 0.240. The summed E-state index contributed by atoms with van der Waals surface area (Å²) in [6.07, 6.45) is 0.922. The van der Waals surface area contributed by atoms with E-state index in [2.05, 4.69) is 6.92 Å². The highest BCUT2D eigenvalue weighted by molar-refractivity contribution is 7.92. The molecule has 0 fully saturated rings. The number of aryl methyl sites for hydroxylation is 2. The van der Waals surface area contributed by atoms with Gasteiger partial charge in [0.2, 0.25) is 0 Å². The molecule has 0 heterocycles. The lowest BCUT2D eigenvalue weighted by atomic mass is 10.1. The topological polar surface area (TPSA) is 63.4 Å². The number of sulfonamides is 1. The Balaban J connectivity index is 2.44. The van der Waals surface area contributed by atoms with Gasteiger partial charge < -0.3 is 5.73 Å². The van der Waals surface area contributed by atoms with Gasteiger partial charge in [-0.3, -0.25) is 4.31 Å². The average molecular weight is 304 g/mol. The van der Waals surface area contributed by atoms with Crippen molar-refractivity contribution in [2.24, 2.45) is 0 Å². The first kappa shape index (κ1) is 15.4. The van der Waals surface area contributed by atoms with E-state index < -0.39 is 10.0 Å². The largest absolute Gasteiger partial charge is 0.399 e. The Morgan fingerprint density at radius 2 is 1.71 bits per heavy atom. The quantitative estimate of drug-likeness (QED) is 0.883. The summed E-state index contributed by atoms with van der Waals surface area (Å²) in [4.78, 5) is 0.240. The predicted octanol–water partition coefficient (Wildman–Crippen LogP) is 2.96. The molecular formula is C16H20N2O2S. The molecule has 0 aromatic heterocycles. The van der Waals surface area contributed by atoms with Gasteiger partial charge in [0.25, 0.3) is 10.0 Å². The maximum Gasteiger partial charge on any atom is 0.264 e. The van der Waals surface area contributed by atoms with E-state index in [1.807, 2.05) is 24.3 Å². The number of nitrogens with zero attached hydrogens (tertiary/aromatic N) is 1. The number of rotatable bonds is 4. The number of hydrogen-bond donors (Lipinski definition) is 1. The molecule has 2 aromatic rings. The molecule has 0 saturated carbocycles. The van der Waals surface area contributed by atoms with Crippen LogP contribution in [0.2, 0.25) is 0 Å². The third-order valence-electron chi connectivity index (χ3n) is 3.56. The standard InChI is InChI=1S/C16H20N2O2S/c1-4-13-6-9-15(10-7-13)18(3)21(19,20)16-11-14(17)8-5-12(16)2/h5-11H,4,17H2,1-3H3. The first-order valence-corrected chi connectivity index (χ1v) is 8.24. The Bertz CT molecular complexity index is 737. The summed E-state index contributed by atoms with van der Waals surface area (Å²) in [6, 6.07) is 12.4. The highest BCUT2D eigenvalue weighted by atomic mass is 32.2. The summed E-state index contributed by atoms with van der Waals surface area (Å²) in [7, 11) is -2.06. The molecule has 5 heteroatoms. The Hall–Kier alpha value is -2.01. The molecular weight excluding hydrogens is 284 g/mol. The van der Waals surface area contributed by atoms with E-state index >= 15 is 0 Å². The predicted molar refractivity (Wildman–Crippen MR) is 87.0 cm³/mol. The highest BCUT2D eigenvalue weighted by Gasteiger charge is 2.23. The SMILES string of the molecule is CCc1ccc(N(C)S(=O)(=O)c2cc(N)ccc2C)cc1. The Labute approximate surface area is 126 Å². The van der Waals surface area contributed by atoms with Crippen LogP contribution in [0.25, 0.3) is 0 Å². The molecule has 0 radical (unpaired) electrons. The van der Waals surface area contributed by atoms with Crippen molar-refractivity contribution in [2.45, 2.75) is 25.2 Å².